The van der Waals surface area contributed by atoms with Crippen molar-refractivity contribution in [3.05, 3.63) is 57.0 Å². The topological polar surface area (TPSA) is 38.9 Å². The highest BCUT2D eigenvalue weighted by atomic mass is 79.9. The molecule has 1 aliphatic rings. The summed E-state index contributed by atoms with van der Waals surface area (Å²) >= 11 is 5.17. The first kappa shape index (κ1) is 12.4. The molecule has 1 heterocycles. The summed E-state index contributed by atoms with van der Waals surface area (Å²) in [7, 11) is 0. The molecule has 0 fully saturated rings. The fraction of sp³-hybridized carbons (Fsp3) is 0.188. The minimum atomic E-state index is 0.466. The quantitative estimate of drug-likeness (QED) is 0.693. The smallest absolute Gasteiger partial charge is 0.180 e. The van der Waals surface area contributed by atoms with Crippen LogP contribution in [-0.2, 0) is 6.42 Å². The number of rotatable bonds is 1. The maximum absolute atomic E-state index is 5.84. The van der Waals surface area contributed by atoms with Crippen molar-refractivity contribution in [3.63, 3.8) is 0 Å². The fourth-order valence-electron chi connectivity index (χ4n) is 3.02. The molecule has 20 heavy (non-hydrogen) atoms. The molecular weight excluding hydrogens is 332 g/mol. The Kier molecular flexibility index (Phi) is 2.82. The first-order valence-electron chi connectivity index (χ1n) is 6.65. The number of hydrogen-bond acceptors (Lipinski definition) is 3. The van der Waals surface area contributed by atoms with E-state index >= 15 is 0 Å². The number of nitrogens with two attached hydrogens (primary N) is 1. The molecule has 2 N–H and O–H groups in total. The van der Waals surface area contributed by atoms with Crippen molar-refractivity contribution in [3.8, 4) is 0 Å². The summed E-state index contributed by atoms with van der Waals surface area (Å²) in [5.74, 6) is 0.466. The molecule has 0 aliphatic heterocycles. The van der Waals surface area contributed by atoms with Gasteiger partial charge in [-0.1, -0.05) is 40.2 Å². The van der Waals surface area contributed by atoms with Crippen molar-refractivity contribution in [2.75, 3.05) is 5.73 Å². The van der Waals surface area contributed by atoms with Crippen LogP contribution in [0, 0.1) is 0 Å². The summed E-state index contributed by atoms with van der Waals surface area (Å²) in [6, 6.07) is 13.2. The number of aromatic nitrogens is 1. The molecule has 1 aromatic heterocycles. The summed E-state index contributed by atoms with van der Waals surface area (Å²) in [6.45, 7) is 0. The van der Waals surface area contributed by atoms with Gasteiger partial charge in [-0.25, -0.2) is 4.98 Å². The normalized spacial score (nSPS) is 17.6. The van der Waals surface area contributed by atoms with Crippen LogP contribution in [0.2, 0.25) is 0 Å². The third-order valence-electron chi connectivity index (χ3n) is 3.96. The Balaban J connectivity index is 1.81. The molecule has 1 aliphatic carbocycles. The van der Waals surface area contributed by atoms with Gasteiger partial charge in [-0.15, -0.1) is 11.3 Å². The van der Waals surface area contributed by atoms with Crippen LogP contribution in [0.5, 0.6) is 0 Å². The highest BCUT2D eigenvalue weighted by Gasteiger charge is 2.27. The zero-order chi connectivity index (χ0) is 13.7. The lowest BCUT2D eigenvalue weighted by atomic mass is 9.96. The summed E-state index contributed by atoms with van der Waals surface area (Å²) < 4.78 is 1.12. The minimum Gasteiger partial charge on any atom is -0.375 e. The zero-order valence-corrected chi connectivity index (χ0v) is 13.2. The number of anilines is 1. The van der Waals surface area contributed by atoms with Crippen LogP contribution in [-0.4, -0.2) is 4.98 Å². The van der Waals surface area contributed by atoms with Gasteiger partial charge in [0.05, 0.1) is 5.69 Å². The van der Waals surface area contributed by atoms with E-state index in [1.165, 1.54) is 26.9 Å². The van der Waals surface area contributed by atoms with Gasteiger partial charge in [0.25, 0.3) is 0 Å². The number of halogens is 1. The standard InChI is InChI=1S/C16H13BrN2S/c17-12-4-3-9-7-11(2-1-10(9)8-12)13-5-6-14-15(13)20-16(18)19-14/h1-4,7-8,13H,5-6H2,(H2,18,19). The van der Waals surface area contributed by atoms with E-state index in [1.807, 2.05) is 0 Å². The van der Waals surface area contributed by atoms with E-state index < -0.39 is 0 Å². The molecule has 0 amide bonds. The second kappa shape index (κ2) is 4.57. The van der Waals surface area contributed by atoms with Crippen LogP contribution in [0.3, 0.4) is 0 Å². The highest BCUT2D eigenvalue weighted by molar-refractivity contribution is 9.10. The molecule has 0 saturated heterocycles. The molecule has 4 heteroatoms. The van der Waals surface area contributed by atoms with E-state index in [1.54, 1.807) is 11.3 Å². The Morgan fingerprint density at radius 3 is 2.85 bits per heavy atom. The molecule has 0 spiro atoms. The second-order valence-corrected chi connectivity index (χ2v) is 7.18. The van der Waals surface area contributed by atoms with Crippen LogP contribution < -0.4 is 5.73 Å². The fourth-order valence-corrected chi connectivity index (χ4v) is 4.44. The molecule has 100 valence electrons. The van der Waals surface area contributed by atoms with Gasteiger partial charge in [-0.05, 0) is 41.3 Å². The number of hydrogen-bond donors (Lipinski definition) is 1. The van der Waals surface area contributed by atoms with Crippen LogP contribution in [0.25, 0.3) is 10.8 Å². The van der Waals surface area contributed by atoms with Crippen molar-refractivity contribution in [1.29, 1.82) is 0 Å². The molecule has 1 atom stereocenters. The van der Waals surface area contributed by atoms with E-state index in [-0.39, 0.29) is 0 Å². The van der Waals surface area contributed by atoms with E-state index in [0.717, 1.165) is 17.3 Å². The molecule has 1 unspecified atom stereocenters. The largest absolute Gasteiger partial charge is 0.375 e. The third-order valence-corrected chi connectivity index (χ3v) is 5.49. The van der Waals surface area contributed by atoms with Crippen LogP contribution in [0.1, 0.15) is 28.5 Å². The summed E-state index contributed by atoms with van der Waals surface area (Å²) in [4.78, 5) is 5.79. The number of aryl methyl sites for hydroxylation is 1. The van der Waals surface area contributed by atoms with Crippen molar-refractivity contribution in [2.45, 2.75) is 18.8 Å². The monoisotopic (exact) mass is 344 g/mol. The molecule has 0 radical (unpaired) electrons. The number of thiazole rings is 1. The van der Waals surface area contributed by atoms with Gasteiger partial charge in [-0.2, -0.15) is 0 Å². The minimum absolute atomic E-state index is 0.466. The van der Waals surface area contributed by atoms with E-state index in [9.17, 15) is 0 Å². The first-order valence-corrected chi connectivity index (χ1v) is 8.26. The first-order chi connectivity index (χ1) is 9.70. The van der Waals surface area contributed by atoms with E-state index in [4.69, 9.17) is 5.73 Å². The Labute approximate surface area is 129 Å². The number of benzene rings is 2. The Morgan fingerprint density at radius 1 is 1.15 bits per heavy atom. The maximum atomic E-state index is 5.84. The number of fused-ring (bicyclic) bond motifs is 2. The lowest BCUT2D eigenvalue weighted by molar-refractivity contribution is 0.792. The molecule has 2 nitrogen and oxygen atoms in total. The van der Waals surface area contributed by atoms with Gasteiger partial charge in [-0.3, -0.25) is 0 Å². The SMILES string of the molecule is Nc1nc2c(s1)C(c1ccc3cc(Br)ccc3c1)CC2. The van der Waals surface area contributed by atoms with Crippen molar-refractivity contribution in [2.24, 2.45) is 0 Å². The summed E-state index contributed by atoms with van der Waals surface area (Å²) in [5.41, 5.74) is 8.42. The summed E-state index contributed by atoms with van der Waals surface area (Å²) in [5, 5.41) is 3.26. The Bertz CT molecular complexity index is 809. The molecule has 4 rings (SSSR count). The molecule has 3 aromatic rings. The lowest BCUT2D eigenvalue weighted by Crippen LogP contribution is -1.94. The lowest BCUT2D eigenvalue weighted by Gasteiger charge is -2.11. The third kappa shape index (κ3) is 1.95. The Morgan fingerprint density at radius 2 is 1.95 bits per heavy atom. The van der Waals surface area contributed by atoms with E-state index in [0.29, 0.717) is 11.0 Å². The highest BCUT2D eigenvalue weighted by Crippen LogP contribution is 2.42. The van der Waals surface area contributed by atoms with Gasteiger partial charge >= 0.3 is 0 Å². The summed E-state index contributed by atoms with van der Waals surface area (Å²) in [6.07, 6.45) is 2.20. The van der Waals surface area contributed by atoms with Crippen LogP contribution in [0.4, 0.5) is 5.13 Å². The van der Waals surface area contributed by atoms with Gasteiger partial charge in [0, 0.05) is 15.3 Å². The average molecular weight is 345 g/mol. The van der Waals surface area contributed by atoms with E-state index in [2.05, 4.69) is 57.3 Å². The molecule has 0 bridgehead atoms. The molecule has 0 saturated carbocycles. The van der Waals surface area contributed by atoms with Crippen LogP contribution >= 0.6 is 27.3 Å². The molecular formula is C16H13BrN2S. The zero-order valence-electron chi connectivity index (χ0n) is 10.8. The van der Waals surface area contributed by atoms with Crippen molar-refractivity contribution < 1.29 is 0 Å². The van der Waals surface area contributed by atoms with Gasteiger partial charge in [0.1, 0.15) is 0 Å². The van der Waals surface area contributed by atoms with Crippen LogP contribution in [0.15, 0.2) is 40.9 Å². The van der Waals surface area contributed by atoms with Crippen molar-refractivity contribution >= 4 is 43.2 Å². The number of nitrogens with zero attached hydrogens (tertiary/aromatic N) is 1. The predicted octanol–water partition coefficient (Wildman–Crippen LogP) is 4.72. The van der Waals surface area contributed by atoms with Gasteiger partial charge in [0.15, 0.2) is 5.13 Å². The Hall–Kier alpha value is -1.39. The van der Waals surface area contributed by atoms with Crippen molar-refractivity contribution in [1.82, 2.24) is 4.98 Å². The predicted molar refractivity (Wildman–Crippen MR) is 88.3 cm³/mol. The maximum Gasteiger partial charge on any atom is 0.180 e. The molecule has 2 aromatic carbocycles. The average Bonchev–Trinajstić information content (AvgIpc) is 2.97. The second-order valence-electron chi connectivity index (χ2n) is 5.21. The van der Waals surface area contributed by atoms with Gasteiger partial charge < -0.3 is 5.73 Å². The number of nitrogen functional groups attached to an aromatic ring is 1. The van der Waals surface area contributed by atoms with Gasteiger partial charge in [0.2, 0.25) is 0 Å².